The van der Waals surface area contributed by atoms with Crippen molar-refractivity contribution in [1.82, 2.24) is 0 Å². The second kappa shape index (κ2) is 3.61. The van der Waals surface area contributed by atoms with Crippen molar-refractivity contribution in [2.75, 3.05) is 0 Å². The fourth-order valence-corrected chi connectivity index (χ4v) is 3.76. The van der Waals surface area contributed by atoms with Gasteiger partial charge in [0, 0.05) is 0 Å². The normalized spacial score (nSPS) is 29.2. The molecule has 16 heavy (non-hydrogen) atoms. The lowest BCUT2D eigenvalue weighted by atomic mass is 9.62. The monoisotopic (exact) mass is 214 g/mol. The summed E-state index contributed by atoms with van der Waals surface area (Å²) < 4.78 is 0. The SMILES string of the molecule is CC(C)C1(C2CC2)CCc2ccccc2C1. The molecule has 1 atom stereocenters. The van der Waals surface area contributed by atoms with E-state index in [0.29, 0.717) is 5.41 Å². The minimum absolute atomic E-state index is 0.633. The molecule has 2 aliphatic rings. The maximum Gasteiger partial charge on any atom is -0.0202 e. The summed E-state index contributed by atoms with van der Waals surface area (Å²) in [5.74, 6) is 1.87. The molecule has 0 heterocycles. The van der Waals surface area contributed by atoms with Crippen LogP contribution < -0.4 is 0 Å². The highest BCUT2D eigenvalue weighted by atomic mass is 14.5. The van der Waals surface area contributed by atoms with E-state index in [1.807, 2.05) is 0 Å². The molecule has 0 amide bonds. The standard InChI is InChI=1S/C16H22/c1-12(2)16(15-7-8-15)10-9-13-5-3-4-6-14(13)11-16/h3-6,12,15H,7-11H2,1-2H3. The van der Waals surface area contributed by atoms with Crippen LogP contribution in [0.4, 0.5) is 0 Å². The maximum atomic E-state index is 2.44. The molecule has 1 fully saturated rings. The van der Waals surface area contributed by atoms with E-state index in [1.54, 1.807) is 11.1 Å². The average Bonchev–Trinajstić information content (AvgIpc) is 3.12. The molecule has 2 aliphatic carbocycles. The Morgan fingerprint density at radius 3 is 2.44 bits per heavy atom. The highest BCUT2D eigenvalue weighted by Crippen LogP contribution is 2.56. The Bertz CT molecular complexity index is 383. The Kier molecular flexibility index (Phi) is 2.34. The molecule has 1 aromatic rings. The van der Waals surface area contributed by atoms with Gasteiger partial charge in [0.1, 0.15) is 0 Å². The van der Waals surface area contributed by atoms with Gasteiger partial charge < -0.3 is 0 Å². The van der Waals surface area contributed by atoms with Crippen LogP contribution in [0.3, 0.4) is 0 Å². The Labute approximate surface area is 99.1 Å². The molecule has 1 unspecified atom stereocenters. The van der Waals surface area contributed by atoms with Gasteiger partial charge in [-0.05, 0) is 60.5 Å². The van der Waals surface area contributed by atoms with Gasteiger partial charge in [0.2, 0.25) is 0 Å². The fourth-order valence-electron chi connectivity index (χ4n) is 3.76. The predicted molar refractivity (Wildman–Crippen MR) is 68.5 cm³/mol. The van der Waals surface area contributed by atoms with E-state index < -0.39 is 0 Å². The van der Waals surface area contributed by atoms with E-state index in [1.165, 1.54) is 32.1 Å². The number of benzene rings is 1. The van der Waals surface area contributed by atoms with Crippen LogP contribution in [-0.2, 0) is 12.8 Å². The zero-order chi connectivity index (χ0) is 11.2. The van der Waals surface area contributed by atoms with Crippen molar-refractivity contribution in [2.45, 2.75) is 46.0 Å². The summed E-state index contributed by atoms with van der Waals surface area (Å²) in [6.07, 6.45) is 7.05. The number of rotatable bonds is 2. The molecule has 0 nitrogen and oxygen atoms in total. The molecule has 0 heteroatoms. The topological polar surface area (TPSA) is 0 Å². The van der Waals surface area contributed by atoms with Crippen LogP contribution >= 0.6 is 0 Å². The van der Waals surface area contributed by atoms with Gasteiger partial charge >= 0.3 is 0 Å². The summed E-state index contributed by atoms with van der Waals surface area (Å²) in [5.41, 5.74) is 3.88. The molecule has 0 saturated heterocycles. The van der Waals surface area contributed by atoms with Gasteiger partial charge in [-0.3, -0.25) is 0 Å². The molecule has 0 bridgehead atoms. The predicted octanol–water partition coefficient (Wildman–Crippen LogP) is 4.23. The first kappa shape index (κ1) is 10.4. The first-order valence-electron chi connectivity index (χ1n) is 6.79. The minimum Gasteiger partial charge on any atom is -0.0622 e. The van der Waals surface area contributed by atoms with E-state index in [2.05, 4.69) is 38.1 Å². The van der Waals surface area contributed by atoms with Crippen LogP contribution in [0.25, 0.3) is 0 Å². The third-order valence-electron chi connectivity index (χ3n) is 5.04. The first-order valence-corrected chi connectivity index (χ1v) is 6.79. The van der Waals surface area contributed by atoms with E-state index in [9.17, 15) is 0 Å². The number of fused-ring (bicyclic) bond motifs is 1. The summed E-state index contributed by atoms with van der Waals surface area (Å²) in [6, 6.07) is 9.08. The van der Waals surface area contributed by atoms with E-state index in [-0.39, 0.29) is 0 Å². The van der Waals surface area contributed by atoms with Crippen molar-refractivity contribution in [2.24, 2.45) is 17.3 Å². The van der Waals surface area contributed by atoms with Gasteiger partial charge in [-0.15, -0.1) is 0 Å². The summed E-state index contributed by atoms with van der Waals surface area (Å²) >= 11 is 0. The molecule has 86 valence electrons. The quantitative estimate of drug-likeness (QED) is 0.691. The van der Waals surface area contributed by atoms with Crippen molar-refractivity contribution < 1.29 is 0 Å². The van der Waals surface area contributed by atoms with Crippen LogP contribution in [-0.4, -0.2) is 0 Å². The molecule has 0 radical (unpaired) electrons. The smallest absolute Gasteiger partial charge is 0.0202 e. The number of hydrogen-bond acceptors (Lipinski definition) is 0. The summed E-state index contributed by atoms with van der Waals surface area (Å²) in [6.45, 7) is 4.87. The fraction of sp³-hybridized carbons (Fsp3) is 0.625. The summed E-state index contributed by atoms with van der Waals surface area (Å²) in [7, 11) is 0. The highest BCUT2D eigenvalue weighted by molar-refractivity contribution is 5.32. The molecule has 1 saturated carbocycles. The minimum atomic E-state index is 0.633. The van der Waals surface area contributed by atoms with E-state index in [4.69, 9.17) is 0 Å². The molecule has 1 aromatic carbocycles. The van der Waals surface area contributed by atoms with Gasteiger partial charge in [-0.2, -0.15) is 0 Å². The van der Waals surface area contributed by atoms with Gasteiger partial charge in [0.05, 0.1) is 0 Å². The lowest BCUT2D eigenvalue weighted by Crippen LogP contribution is -2.36. The van der Waals surface area contributed by atoms with Gasteiger partial charge in [-0.25, -0.2) is 0 Å². The Balaban J connectivity index is 1.95. The molecule has 0 aromatic heterocycles. The Hall–Kier alpha value is -0.780. The largest absolute Gasteiger partial charge is 0.0622 e. The Morgan fingerprint density at radius 1 is 1.12 bits per heavy atom. The third kappa shape index (κ3) is 1.50. The second-order valence-electron chi connectivity index (χ2n) is 6.11. The van der Waals surface area contributed by atoms with E-state index in [0.717, 1.165) is 11.8 Å². The zero-order valence-electron chi connectivity index (χ0n) is 10.5. The molecular weight excluding hydrogens is 192 g/mol. The lowest BCUT2D eigenvalue weighted by molar-refractivity contribution is 0.124. The van der Waals surface area contributed by atoms with Gasteiger partial charge in [-0.1, -0.05) is 38.1 Å². The zero-order valence-corrected chi connectivity index (χ0v) is 10.5. The van der Waals surface area contributed by atoms with Gasteiger partial charge in [0.25, 0.3) is 0 Å². The second-order valence-corrected chi connectivity index (χ2v) is 6.11. The van der Waals surface area contributed by atoms with Crippen LogP contribution in [0.15, 0.2) is 24.3 Å². The number of hydrogen-bond donors (Lipinski definition) is 0. The van der Waals surface area contributed by atoms with Gasteiger partial charge in [0.15, 0.2) is 0 Å². The van der Waals surface area contributed by atoms with Crippen LogP contribution in [0.1, 0.15) is 44.2 Å². The maximum absolute atomic E-state index is 2.44. The van der Waals surface area contributed by atoms with Crippen molar-refractivity contribution in [3.05, 3.63) is 35.4 Å². The molecular formula is C16H22. The van der Waals surface area contributed by atoms with Crippen molar-refractivity contribution in [3.8, 4) is 0 Å². The molecule has 0 aliphatic heterocycles. The average molecular weight is 214 g/mol. The van der Waals surface area contributed by atoms with Crippen molar-refractivity contribution >= 4 is 0 Å². The molecule has 0 spiro atoms. The van der Waals surface area contributed by atoms with E-state index >= 15 is 0 Å². The van der Waals surface area contributed by atoms with Crippen LogP contribution in [0.5, 0.6) is 0 Å². The molecule has 3 rings (SSSR count). The number of aryl methyl sites for hydroxylation is 1. The Morgan fingerprint density at radius 2 is 1.81 bits per heavy atom. The van der Waals surface area contributed by atoms with Crippen molar-refractivity contribution in [3.63, 3.8) is 0 Å². The van der Waals surface area contributed by atoms with Crippen molar-refractivity contribution in [1.29, 1.82) is 0 Å². The highest BCUT2D eigenvalue weighted by Gasteiger charge is 2.48. The van der Waals surface area contributed by atoms with Crippen LogP contribution in [0.2, 0.25) is 0 Å². The lowest BCUT2D eigenvalue weighted by Gasteiger charge is -2.42. The third-order valence-corrected chi connectivity index (χ3v) is 5.04. The summed E-state index contributed by atoms with van der Waals surface area (Å²) in [4.78, 5) is 0. The first-order chi connectivity index (χ1) is 7.72. The molecule has 0 N–H and O–H groups in total. The summed E-state index contributed by atoms with van der Waals surface area (Å²) in [5, 5.41) is 0. The van der Waals surface area contributed by atoms with Crippen LogP contribution in [0, 0.1) is 17.3 Å².